The number of quaternary nitrogens is 1. The van der Waals surface area contributed by atoms with E-state index in [9.17, 15) is 19.8 Å². The monoisotopic (exact) mass is 366 g/mol. The summed E-state index contributed by atoms with van der Waals surface area (Å²) in [6.07, 6.45) is 3.49. The molecule has 7 nitrogen and oxygen atoms in total. The fraction of sp³-hybridized carbons (Fsp3) is 0.684. The Morgan fingerprint density at radius 1 is 1.35 bits per heavy atom. The number of hydrogen-bond donors (Lipinski definition) is 2. The van der Waals surface area contributed by atoms with Crippen LogP contribution < -0.4 is 0 Å². The molecule has 0 aromatic rings. The summed E-state index contributed by atoms with van der Waals surface area (Å²) in [5.74, 6) is -1.80. The number of hydrogen-bond acceptors (Lipinski definition) is 6. The van der Waals surface area contributed by atoms with E-state index in [2.05, 4.69) is 0 Å². The molecule has 0 aromatic carbocycles. The van der Waals surface area contributed by atoms with Gasteiger partial charge in [0.05, 0.1) is 19.2 Å². The summed E-state index contributed by atoms with van der Waals surface area (Å²) >= 11 is 0. The highest BCUT2D eigenvalue weighted by Gasteiger charge is 2.65. The SMILES string of the molecule is C/C=C1\C[C@@H](C)[C@@](C)(O)C(=O)OCC2=CC[N+]3(C)CC[C@@H](OC1=O)C23O. The van der Waals surface area contributed by atoms with Crippen molar-refractivity contribution < 1.29 is 33.8 Å². The molecule has 0 radical (unpaired) electrons. The van der Waals surface area contributed by atoms with Crippen LogP contribution in [0, 0.1) is 5.92 Å². The molecular weight excluding hydrogens is 338 g/mol. The number of allylic oxidation sites excluding steroid dienone is 1. The van der Waals surface area contributed by atoms with E-state index in [1.807, 2.05) is 13.1 Å². The van der Waals surface area contributed by atoms with Crippen LogP contribution in [-0.4, -0.2) is 70.8 Å². The zero-order valence-corrected chi connectivity index (χ0v) is 15.8. The number of nitrogens with zero attached hydrogens (tertiary/aromatic N) is 1. The second kappa shape index (κ2) is 6.18. The van der Waals surface area contributed by atoms with Gasteiger partial charge >= 0.3 is 11.9 Å². The lowest BCUT2D eigenvalue weighted by molar-refractivity contribution is -0.955. The van der Waals surface area contributed by atoms with E-state index < -0.39 is 35.3 Å². The van der Waals surface area contributed by atoms with Gasteiger partial charge in [-0.15, -0.1) is 0 Å². The van der Waals surface area contributed by atoms with Crippen LogP contribution in [0.15, 0.2) is 23.3 Å². The van der Waals surface area contributed by atoms with Crippen LogP contribution in [0.4, 0.5) is 0 Å². The Hall–Kier alpha value is -1.70. The van der Waals surface area contributed by atoms with E-state index in [1.165, 1.54) is 6.92 Å². The zero-order valence-electron chi connectivity index (χ0n) is 15.8. The number of rotatable bonds is 0. The molecule has 2 N–H and O–H groups in total. The summed E-state index contributed by atoms with van der Waals surface area (Å²) in [6, 6.07) is 0. The Morgan fingerprint density at radius 3 is 2.69 bits per heavy atom. The van der Waals surface area contributed by atoms with Crippen molar-refractivity contribution in [1.82, 2.24) is 0 Å². The summed E-state index contributed by atoms with van der Waals surface area (Å²) in [7, 11) is 1.90. The molecule has 144 valence electrons. The van der Waals surface area contributed by atoms with Crippen molar-refractivity contribution in [2.75, 3.05) is 26.7 Å². The number of carbonyl (C=O) groups is 2. The molecule has 3 rings (SSSR count). The van der Waals surface area contributed by atoms with Gasteiger partial charge in [0.25, 0.3) is 5.72 Å². The second-order valence-corrected chi connectivity index (χ2v) is 8.08. The topological polar surface area (TPSA) is 93.1 Å². The minimum absolute atomic E-state index is 0.128. The number of cyclic esters (lactones) is 1. The van der Waals surface area contributed by atoms with Crippen molar-refractivity contribution in [1.29, 1.82) is 0 Å². The Balaban J connectivity index is 2.01. The van der Waals surface area contributed by atoms with Gasteiger partial charge in [0, 0.05) is 12.0 Å². The first-order chi connectivity index (χ1) is 12.1. The lowest BCUT2D eigenvalue weighted by Crippen LogP contribution is -2.61. The van der Waals surface area contributed by atoms with Gasteiger partial charge in [0.1, 0.15) is 13.2 Å². The lowest BCUT2D eigenvalue weighted by Gasteiger charge is -2.40. The van der Waals surface area contributed by atoms with Gasteiger partial charge in [-0.1, -0.05) is 13.0 Å². The Morgan fingerprint density at radius 2 is 2.04 bits per heavy atom. The predicted molar refractivity (Wildman–Crippen MR) is 92.6 cm³/mol. The first-order valence-corrected chi connectivity index (χ1v) is 9.08. The number of ether oxygens (including phenoxy) is 2. The van der Waals surface area contributed by atoms with Crippen LogP contribution in [0.5, 0.6) is 0 Å². The van der Waals surface area contributed by atoms with Crippen molar-refractivity contribution >= 4 is 11.9 Å². The van der Waals surface area contributed by atoms with Crippen molar-refractivity contribution in [2.45, 2.75) is 51.0 Å². The zero-order chi connectivity index (χ0) is 19.3. The van der Waals surface area contributed by atoms with Crippen LogP contribution in [-0.2, 0) is 19.1 Å². The van der Waals surface area contributed by atoms with Gasteiger partial charge in [-0.2, -0.15) is 0 Å². The predicted octanol–water partition coefficient (Wildman–Crippen LogP) is 0.657. The highest BCUT2D eigenvalue weighted by molar-refractivity contribution is 5.89. The van der Waals surface area contributed by atoms with Crippen molar-refractivity contribution in [3.8, 4) is 0 Å². The minimum atomic E-state index is -1.75. The molecule has 3 heterocycles. The third kappa shape index (κ3) is 2.61. The van der Waals surface area contributed by atoms with Gasteiger partial charge in [-0.25, -0.2) is 9.59 Å². The summed E-state index contributed by atoms with van der Waals surface area (Å²) in [5, 5.41) is 22.1. The van der Waals surface area contributed by atoms with Gasteiger partial charge in [0.15, 0.2) is 11.7 Å². The smallest absolute Gasteiger partial charge is 0.338 e. The van der Waals surface area contributed by atoms with Crippen LogP contribution >= 0.6 is 0 Å². The van der Waals surface area contributed by atoms with E-state index >= 15 is 0 Å². The molecule has 5 atom stereocenters. The summed E-state index contributed by atoms with van der Waals surface area (Å²) in [6.45, 7) is 5.89. The van der Waals surface area contributed by atoms with E-state index in [0.29, 0.717) is 35.1 Å². The summed E-state index contributed by atoms with van der Waals surface area (Å²) in [4.78, 5) is 25.2. The molecule has 0 spiro atoms. The molecule has 26 heavy (non-hydrogen) atoms. The third-order valence-electron chi connectivity index (χ3n) is 6.49. The molecule has 2 saturated heterocycles. The largest absolute Gasteiger partial charge is 0.459 e. The third-order valence-corrected chi connectivity index (χ3v) is 6.49. The number of carbonyl (C=O) groups excluding carboxylic acids is 2. The Labute approximate surface area is 153 Å². The molecule has 2 unspecified atom stereocenters. The normalized spacial score (nSPS) is 45.3. The molecule has 0 saturated carbocycles. The molecule has 0 amide bonds. The number of likely N-dealkylation sites (N-methyl/N-ethyl adjacent to an activating group) is 1. The number of esters is 2. The van der Waals surface area contributed by atoms with Crippen LogP contribution in [0.3, 0.4) is 0 Å². The van der Waals surface area contributed by atoms with Crippen LogP contribution in [0.25, 0.3) is 0 Å². The molecule has 0 aromatic heterocycles. The van der Waals surface area contributed by atoms with Crippen molar-refractivity contribution in [3.63, 3.8) is 0 Å². The van der Waals surface area contributed by atoms with E-state index in [-0.39, 0.29) is 13.0 Å². The maximum absolute atomic E-state index is 12.7. The maximum atomic E-state index is 12.7. The standard InChI is InChI=1S/C19H28NO6/c1-5-13-10-12(2)18(3,23)17(22)25-11-14-6-8-20(4)9-7-15(19(14,20)24)26-16(13)21/h5-6,12,15,23-24H,7-11H2,1-4H3/q+1/b13-5+/t12-,15-,18-,19?,20?/m1/s1. The average Bonchev–Trinajstić information content (AvgIpc) is 2.98. The first kappa shape index (κ1) is 19.1. The van der Waals surface area contributed by atoms with Gasteiger partial charge in [-0.05, 0) is 32.3 Å². The molecular formula is C19H28NO6+. The Kier molecular flexibility index (Phi) is 4.53. The fourth-order valence-corrected chi connectivity index (χ4v) is 4.22. The fourth-order valence-electron chi connectivity index (χ4n) is 4.22. The lowest BCUT2D eigenvalue weighted by atomic mass is 9.85. The molecule has 3 aliphatic heterocycles. The van der Waals surface area contributed by atoms with Crippen LogP contribution in [0.1, 0.15) is 33.6 Å². The average molecular weight is 366 g/mol. The highest BCUT2D eigenvalue weighted by atomic mass is 16.6. The van der Waals surface area contributed by atoms with E-state index in [1.54, 1.807) is 19.9 Å². The van der Waals surface area contributed by atoms with Gasteiger partial charge in [-0.3, -0.25) is 4.48 Å². The molecule has 2 fully saturated rings. The van der Waals surface area contributed by atoms with Gasteiger partial charge in [0.2, 0.25) is 0 Å². The summed E-state index contributed by atoms with van der Waals surface area (Å²) < 4.78 is 11.4. The summed E-state index contributed by atoms with van der Waals surface area (Å²) in [5.41, 5.74) is -2.26. The quantitative estimate of drug-likeness (QED) is 0.283. The molecule has 0 aliphatic carbocycles. The van der Waals surface area contributed by atoms with E-state index in [0.717, 1.165) is 0 Å². The minimum Gasteiger partial charge on any atom is -0.459 e. The van der Waals surface area contributed by atoms with Crippen molar-refractivity contribution in [2.24, 2.45) is 5.92 Å². The molecule has 0 bridgehead atoms. The molecule has 7 heteroatoms. The number of aliphatic hydroxyl groups is 2. The van der Waals surface area contributed by atoms with Gasteiger partial charge < -0.3 is 19.7 Å². The second-order valence-electron chi connectivity index (χ2n) is 8.08. The maximum Gasteiger partial charge on any atom is 0.338 e. The van der Waals surface area contributed by atoms with Crippen molar-refractivity contribution in [3.05, 3.63) is 23.3 Å². The molecule has 3 aliphatic rings. The first-order valence-electron chi connectivity index (χ1n) is 9.08. The Bertz CT molecular complexity index is 696. The van der Waals surface area contributed by atoms with Crippen LogP contribution in [0.2, 0.25) is 0 Å². The highest BCUT2D eigenvalue weighted by Crippen LogP contribution is 2.45. The van der Waals surface area contributed by atoms with E-state index in [4.69, 9.17) is 9.47 Å².